The molecule has 0 saturated carbocycles. The molecule has 0 aliphatic carbocycles. The van der Waals surface area contributed by atoms with Gasteiger partial charge in [-0.25, -0.2) is 0 Å². The lowest BCUT2D eigenvalue weighted by Crippen LogP contribution is -2.46. The molecule has 144 valence electrons. The Kier molecular flexibility index (Phi) is 7.60. The third kappa shape index (κ3) is 5.81. The number of aliphatic carboxylic acids is 1. The van der Waals surface area contributed by atoms with Crippen LogP contribution >= 0.6 is 0 Å². The number of carboxylic acid groups (broad SMARTS) is 1. The highest BCUT2D eigenvalue weighted by Crippen LogP contribution is 2.17. The standard InChI is InChI=1S/C20H31N3O3/c1-16(21(2)14-17-8-5-4-6-9-17)20(26)23-12-7-10-18(11-13-23)22(3)15-19(24)25/h4-6,8-9,16,18H,7,10-15H2,1-3H3,(H,24,25). The summed E-state index contributed by atoms with van der Waals surface area (Å²) in [7, 11) is 3.84. The Labute approximate surface area is 156 Å². The summed E-state index contributed by atoms with van der Waals surface area (Å²) in [4.78, 5) is 29.7. The monoisotopic (exact) mass is 361 g/mol. The van der Waals surface area contributed by atoms with Crippen molar-refractivity contribution < 1.29 is 14.7 Å². The molecule has 0 spiro atoms. The van der Waals surface area contributed by atoms with Crippen molar-refractivity contribution in [2.75, 3.05) is 33.7 Å². The van der Waals surface area contributed by atoms with Gasteiger partial charge in [0.25, 0.3) is 0 Å². The second-order valence-electron chi connectivity index (χ2n) is 7.30. The smallest absolute Gasteiger partial charge is 0.317 e. The predicted octanol–water partition coefficient (Wildman–Crippen LogP) is 1.90. The van der Waals surface area contributed by atoms with Gasteiger partial charge in [-0.2, -0.15) is 0 Å². The molecule has 1 N–H and O–H groups in total. The fraction of sp³-hybridized carbons (Fsp3) is 0.600. The normalized spacial score (nSPS) is 19.4. The van der Waals surface area contributed by atoms with Gasteiger partial charge in [-0.05, 0) is 45.8 Å². The summed E-state index contributed by atoms with van der Waals surface area (Å²) in [6.45, 7) is 4.20. The molecular weight excluding hydrogens is 330 g/mol. The maximum atomic E-state index is 12.9. The first kappa shape index (κ1) is 20.4. The first-order chi connectivity index (χ1) is 12.4. The third-order valence-electron chi connectivity index (χ3n) is 5.31. The molecule has 6 nitrogen and oxygen atoms in total. The molecule has 2 rings (SSSR count). The zero-order valence-corrected chi connectivity index (χ0v) is 16.1. The zero-order valence-electron chi connectivity index (χ0n) is 16.1. The lowest BCUT2D eigenvalue weighted by molar-refractivity contribution is -0.139. The first-order valence-electron chi connectivity index (χ1n) is 9.33. The van der Waals surface area contributed by atoms with Gasteiger partial charge in [0, 0.05) is 25.7 Å². The van der Waals surface area contributed by atoms with E-state index in [2.05, 4.69) is 17.0 Å². The minimum atomic E-state index is -0.805. The van der Waals surface area contributed by atoms with Crippen LogP contribution in [-0.2, 0) is 16.1 Å². The molecule has 1 aromatic carbocycles. The van der Waals surface area contributed by atoms with E-state index in [0.717, 1.165) is 32.4 Å². The van der Waals surface area contributed by atoms with E-state index in [-0.39, 0.29) is 24.5 Å². The van der Waals surface area contributed by atoms with E-state index >= 15 is 0 Å². The van der Waals surface area contributed by atoms with Crippen LogP contribution in [0.2, 0.25) is 0 Å². The summed E-state index contributed by atoms with van der Waals surface area (Å²) in [6, 6.07) is 10.2. The fourth-order valence-electron chi connectivity index (χ4n) is 3.54. The Morgan fingerprint density at radius 3 is 2.54 bits per heavy atom. The van der Waals surface area contributed by atoms with Gasteiger partial charge in [0.15, 0.2) is 0 Å². The van der Waals surface area contributed by atoms with Crippen molar-refractivity contribution in [1.82, 2.24) is 14.7 Å². The topological polar surface area (TPSA) is 64.1 Å². The molecule has 1 fully saturated rings. The van der Waals surface area contributed by atoms with Gasteiger partial charge in [0.1, 0.15) is 0 Å². The SMILES string of the molecule is CC(C(=O)N1CCCC(N(C)CC(=O)O)CC1)N(C)Cc1ccccc1. The number of carboxylic acids is 1. The summed E-state index contributed by atoms with van der Waals surface area (Å²) in [5.41, 5.74) is 1.20. The predicted molar refractivity (Wildman–Crippen MR) is 102 cm³/mol. The molecule has 0 bridgehead atoms. The highest BCUT2D eigenvalue weighted by atomic mass is 16.4. The molecule has 1 saturated heterocycles. The van der Waals surface area contributed by atoms with E-state index in [1.54, 1.807) is 0 Å². The Balaban J connectivity index is 1.89. The van der Waals surface area contributed by atoms with Gasteiger partial charge in [-0.15, -0.1) is 0 Å². The van der Waals surface area contributed by atoms with Crippen LogP contribution < -0.4 is 0 Å². The molecule has 1 aliphatic heterocycles. The second kappa shape index (κ2) is 9.69. The van der Waals surface area contributed by atoms with Crippen molar-refractivity contribution in [3.05, 3.63) is 35.9 Å². The van der Waals surface area contributed by atoms with Crippen LogP contribution in [0.15, 0.2) is 30.3 Å². The number of hydrogen-bond acceptors (Lipinski definition) is 4. The molecule has 0 aromatic heterocycles. The second-order valence-corrected chi connectivity index (χ2v) is 7.30. The van der Waals surface area contributed by atoms with Crippen LogP contribution in [0.5, 0.6) is 0 Å². The summed E-state index contributed by atoms with van der Waals surface area (Å²) < 4.78 is 0. The number of benzene rings is 1. The zero-order chi connectivity index (χ0) is 19.1. The minimum Gasteiger partial charge on any atom is -0.480 e. The first-order valence-corrected chi connectivity index (χ1v) is 9.33. The van der Waals surface area contributed by atoms with Gasteiger partial charge in [-0.1, -0.05) is 30.3 Å². The largest absolute Gasteiger partial charge is 0.480 e. The van der Waals surface area contributed by atoms with Crippen LogP contribution in [0, 0.1) is 0 Å². The lowest BCUT2D eigenvalue weighted by Gasteiger charge is -2.30. The number of carbonyl (C=O) groups excluding carboxylic acids is 1. The maximum Gasteiger partial charge on any atom is 0.317 e. The van der Waals surface area contributed by atoms with Crippen LogP contribution in [0.25, 0.3) is 0 Å². The highest BCUT2D eigenvalue weighted by molar-refractivity contribution is 5.81. The summed E-state index contributed by atoms with van der Waals surface area (Å²) in [5, 5.41) is 8.97. The number of likely N-dealkylation sites (N-methyl/N-ethyl adjacent to an activating group) is 2. The molecule has 0 radical (unpaired) electrons. The molecule has 2 unspecified atom stereocenters. The minimum absolute atomic E-state index is 0.0504. The van der Waals surface area contributed by atoms with E-state index in [1.807, 2.05) is 49.0 Å². The molecule has 1 amide bonds. The van der Waals surface area contributed by atoms with Crippen LogP contribution in [0.3, 0.4) is 0 Å². The molecule has 1 heterocycles. The Hall–Kier alpha value is -1.92. The summed E-state index contributed by atoms with van der Waals surface area (Å²) in [6.07, 6.45) is 2.67. The van der Waals surface area contributed by atoms with Gasteiger partial charge in [0.2, 0.25) is 5.91 Å². The summed E-state index contributed by atoms with van der Waals surface area (Å²) >= 11 is 0. The van der Waals surface area contributed by atoms with E-state index in [1.165, 1.54) is 5.56 Å². The van der Waals surface area contributed by atoms with E-state index in [0.29, 0.717) is 6.54 Å². The number of hydrogen-bond donors (Lipinski definition) is 1. The Morgan fingerprint density at radius 1 is 1.19 bits per heavy atom. The van der Waals surface area contributed by atoms with E-state index < -0.39 is 5.97 Å². The number of nitrogens with zero attached hydrogens (tertiary/aromatic N) is 3. The van der Waals surface area contributed by atoms with Crippen molar-refractivity contribution in [2.45, 2.75) is 44.8 Å². The van der Waals surface area contributed by atoms with Crippen molar-refractivity contribution in [3.8, 4) is 0 Å². The van der Waals surface area contributed by atoms with Gasteiger partial charge >= 0.3 is 5.97 Å². The molecule has 1 aromatic rings. The van der Waals surface area contributed by atoms with Crippen molar-refractivity contribution in [3.63, 3.8) is 0 Å². The summed E-state index contributed by atoms with van der Waals surface area (Å²) in [5.74, 6) is -0.647. The third-order valence-corrected chi connectivity index (χ3v) is 5.31. The Bertz CT molecular complexity index is 593. The number of likely N-dealkylation sites (tertiary alicyclic amines) is 1. The van der Waals surface area contributed by atoms with Gasteiger partial charge in [0.05, 0.1) is 12.6 Å². The lowest BCUT2D eigenvalue weighted by atomic mass is 10.1. The average Bonchev–Trinajstić information content (AvgIpc) is 2.87. The van der Waals surface area contributed by atoms with Crippen LogP contribution in [-0.4, -0.2) is 77.5 Å². The van der Waals surface area contributed by atoms with Crippen molar-refractivity contribution in [2.24, 2.45) is 0 Å². The van der Waals surface area contributed by atoms with Gasteiger partial charge < -0.3 is 10.0 Å². The number of rotatable bonds is 7. The average molecular weight is 361 g/mol. The molecule has 2 atom stereocenters. The highest BCUT2D eigenvalue weighted by Gasteiger charge is 2.28. The maximum absolute atomic E-state index is 12.9. The van der Waals surface area contributed by atoms with Crippen LogP contribution in [0.4, 0.5) is 0 Å². The molecule has 26 heavy (non-hydrogen) atoms. The quantitative estimate of drug-likeness (QED) is 0.804. The van der Waals surface area contributed by atoms with Crippen molar-refractivity contribution >= 4 is 11.9 Å². The van der Waals surface area contributed by atoms with Gasteiger partial charge in [-0.3, -0.25) is 19.4 Å². The fourth-order valence-corrected chi connectivity index (χ4v) is 3.54. The molecule has 6 heteroatoms. The van der Waals surface area contributed by atoms with Crippen molar-refractivity contribution in [1.29, 1.82) is 0 Å². The Morgan fingerprint density at radius 2 is 1.88 bits per heavy atom. The number of amides is 1. The number of carbonyl (C=O) groups is 2. The van der Waals surface area contributed by atoms with E-state index in [4.69, 9.17) is 5.11 Å². The molecular formula is C20H31N3O3. The van der Waals surface area contributed by atoms with E-state index in [9.17, 15) is 9.59 Å². The van der Waals surface area contributed by atoms with Crippen LogP contribution in [0.1, 0.15) is 31.7 Å². The molecule has 1 aliphatic rings.